The molecule has 0 fully saturated rings. The van der Waals surface area contributed by atoms with Crippen molar-refractivity contribution in [2.24, 2.45) is 10.8 Å². The number of carboxylic acid groups (broad SMARTS) is 2. The third-order valence-electron chi connectivity index (χ3n) is 4.35. The summed E-state index contributed by atoms with van der Waals surface area (Å²) in [5.41, 5.74) is -4.51. The Balaban J connectivity index is 7.23. The lowest BCUT2D eigenvalue weighted by Gasteiger charge is -2.34. The maximum absolute atomic E-state index is 12.0. The second-order valence-corrected chi connectivity index (χ2v) is 5.81. The second-order valence-electron chi connectivity index (χ2n) is 5.81. The van der Waals surface area contributed by atoms with Crippen LogP contribution in [0.2, 0.25) is 0 Å². The van der Waals surface area contributed by atoms with Crippen LogP contribution in [-0.2, 0) is 19.2 Å². The van der Waals surface area contributed by atoms with Crippen LogP contribution >= 0.6 is 0 Å². The van der Waals surface area contributed by atoms with Crippen molar-refractivity contribution in [1.29, 1.82) is 0 Å². The molecular formula is C20H24O6. The van der Waals surface area contributed by atoms with Crippen molar-refractivity contribution >= 4 is 24.5 Å². The van der Waals surface area contributed by atoms with Gasteiger partial charge in [0.2, 0.25) is 0 Å². The summed E-state index contributed by atoms with van der Waals surface area (Å²) in [6.07, 6.45) is 4.92. The summed E-state index contributed by atoms with van der Waals surface area (Å²) in [6, 6.07) is 0. The highest BCUT2D eigenvalue weighted by atomic mass is 16.4. The number of carboxylic acids is 2. The highest BCUT2D eigenvalue weighted by Crippen LogP contribution is 2.44. The molecule has 0 heterocycles. The van der Waals surface area contributed by atoms with Crippen LogP contribution in [0.15, 0.2) is 61.8 Å². The molecule has 0 atom stereocenters. The summed E-state index contributed by atoms with van der Waals surface area (Å²) >= 11 is 0. The van der Waals surface area contributed by atoms with E-state index in [4.69, 9.17) is 0 Å². The fourth-order valence-electron chi connectivity index (χ4n) is 3.04. The second kappa shape index (κ2) is 10.1. The molecule has 6 nitrogen and oxygen atoms in total. The minimum absolute atomic E-state index is 0.183. The van der Waals surface area contributed by atoms with Crippen LogP contribution < -0.4 is 0 Å². The topological polar surface area (TPSA) is 109 Å². The van der Waals surface area contributed by atoms with Crippen LogP contribution in [0.3, 0.4) is 0 Å². The number of hydrogen-bond acceptors (Lipinski definition) is 4. The Bertz CT molecular complexity index is 577. The van der Waals surface area contributed by atoms with Gasteiger partial charge in [-0.05, 0) is 25.7 Å². The van der Waals surface area contributed by atoms with E-state index in [1.807, 2.05) is 0 Å². The van der Waals surface area contributed by atoms with Gasteiger partial charge in [0.15, 0.2) is 0 Å². The SMILES string of the molecule is C=CCC(CC=C)(C(=O)O)C(C=O)=C(C=O)C(CC=C)(CC=C)C(=O)O. The number of carbonyl (C=O) groups is 4. The normalized spacial score (nSPS) is 12.3. The summed E-state index contributed by atoms with van der Waals surface area (Å²) in [6.45, 7) is 14.0. The van der Waals surface area contributed by atoms with Crippen molar-refractivity contribution in [2.75, 3.05) is 0 Å². The van der Waals surface area contributed by atoms with Gasteiger partial charge in [0.05, 0.1) is 0 Å². The Kier molecular flexibility index (Phi) is 8.91. The smallest absolute Gasteiger partial charge is 0.314 e. The Hall–Kier alpha value is -3.02. The molecule has 0 aromatic carbocycles. The van der Waals surface area contributed by atoms with Gasteiger partial charge in [0.1, 0.15) is 23.4 Å². The lowest BCUT2D eigenvalue weighted by molar-refractivity contribution is -0.149. The molecule has 0 bridgehead atoms. The van der Waals surface area contributed by atoms with Crippen LogP contribution in [0.1, 0.15) is 25.7 Å². The van der Waals surface area contributed by atoms with Gasteiger partial charge in [0, 0.05) is 11.1 Å². The van der Waals surface area contributed by atoms with Gasteiger partial charge in [-0.1, -0.05) is 24.3 Å². The van der Waals surface area contributed by atoms with Gasteiger partial charge in [-0.25, -0.2) is 0 Å². The van der Waals surface area contributed by atoms with Gasteiger partial charge in [-0.15, -0.1) is 26.3 Å². The molecule has 0 unspecified atom stereocenters. The summed E-state index contributed by atoms with van der Waals surface area (Å²) < 4.78 is 0. The van der Waals surface area contributed by atoms with E-state index in [0.29, 0.717) is 0 Å². The standard InChI is InChI=1S/C20H24O6/c1-5-9-19(10-6-2,17(23)24)15(13-21)16(14-22)20(11-7-3,12-8-4)18(25)26/h5-8,13-14H,1-4,9-12H2,(H,23,24)(H,25,26). The van der Waals surface area contributed by atoms with Crippen LogP contribution in [0.5, 0.6) is 0 Å². The predicted octanol–water partition coefficient (Wildman–Crippen LogP) is 3.13. The molecule has 0 saturated heterocycles. The van der Waals surface area contributed by atoms with Crippen molar-refractivity contribution in [2.45, 2.75) is 25.7 Å². The van der Waals surface area contributed by atoms with Crippen molar-refractivity contribution in [1.82, 2.24) is 0 Å². The lowest BCUT2D eigenvalue weighted by atomic mass is 9.66. The minimum Gasteiger partial charge on any atom is -0.481 e. The quantitative estimate of drug-likeness (QED) is 0.280. The molecule has 0 amide bonds. The molecule has 0 aromatic heterocycles. The van der Waals surface area contributed by atoms with Crippen LogP contribution in [0, 0.1) is 10.8 Å². The number of hydrogen-bond donors (Lipinski definition) is 2. The van der Waals surface area contributed by atoms with Gasteiger partial charge in [-0.3, -0.25) is 19.2 Å². The Morgan fingerprint density at radius 1 is 0.654 bits per heavy atom. The third kappa shape index (κ3) is 4.14. The average Bonchev–Trinajstić information content (AvgIpc) is 2.58. The third-order valence-corrected chi connectivity index (χ3v) is 4.35. The van der Waals surface area contributed by atoms with Gasteiger partial charge in [0.25, 0.3) is 0 Å². The van der Waals surface area contributed by atoms with E-state index >= 15 is 0 Å². The molecule has 6 heteroatoms. The van der Waals surface area contributed by atoms with Gasteiger partial charge in [-0.2, -0.15) is 0 Å². The van der Waals surface area contributed by atoms with Gasteiger partial charge >= 0.3 is 11.9 Å². The summed E-state index contributed by atoms with van der Waals surface area (Å²) in [5.74, 6) is -2.76. The van der Waals surface area contributed by atoms with Crippen molar-refractivity contribution in [3.05, 3.63) is 61.8 Å². The molecule has 0 aromatic rings. The first-order valence-corrected chi connectivity index (χ1v) is 7.83. The van der Waals surface area contributed by atoms with E-state index in [2.05, 4.69) is 26.3 Å². The first-order valence-electron chi connectivity index (χ1n) is 7.83. The summed E-state index contributed by atoms with van der Waals surface area (Å²) in [7, 11) is 0. The Labute approximate surface area is 152 Å². The summed E-state index contributed by atoms with van der Waals surface area (Å²) in [4.78, 5) is 47.9. The maximum Gasteiger partial charge on any atom is 0.314 e. The fraction of sp³-hybridized carbons (Fsp3) is 0.300. The molecule has 2 N–H and O–H groups in total. The lowest BCUT2D eigenvalue weighted by Crippen LogP contribution is -2.40. The molecule has 0 aliphatic heterocycles. The zero-order valence-electron chi connectivity index (χ0n) is 14.6. The Morgan fingerprint density at radius 3 is 1.00 bits per heavy atom. The number of rotatable bonds is 14. The predicted molar refractivity (Wildman–Crippen MR) is 98.5 cm³/mol. The van der Waals surface area contributed by atoms with Gasteiger partial charge < -0.3 is 10.2 Å². The molecule has 0 aliphatic carbocycles. The van der Waals surface area contributed by atoms with Crippen molar-refractivity contribution < 1.29 is 29.4 Å². The largest absolute Gasteiger partial charge is 0.481 e. The van der Waals surface area contributed by atoms with Crippen molar-refractivity contribution in [3.63, 3.8) is 0 Å². The highest BCUT2D eigenvalue weighted by Gasteiger charge is 2.48. The molecule has 26 heavy (non-hydrogen) atoms. The van der Waals surface area contributed by atoms with E-state index in [1.165, 1.54) is 24.3 Å². The molecule has 0 rings (SSSR count). The Morgan fingerprint density at radius 2 is 0.885 bits per heavy atom. The van der Waals surface area contributed by atoms with E-state index in [0.717, 1.165) is 0 Å². The number of aliphatic carboxylic acids is 2. The zero-order valence-corrected chi connectivity index (χ0v) is 14.6. The average molecular weight is 360 g/mol. The minimum atomic E-state index is -1.84. The fourth-order valence-corrected chi connectivity index (χ4v) is 3.04. The monoisotopic (exact) mass is 360 g/mol. The first-order chi connectivity index (χ1) is 12.3. The van der Waals surface area contributed by atoms with Crippen LogP contribution in [0.25, 0.3) is 0 Å². The van der Waals surface area contributed by atoms with E-state index < -0.39 is 33.9 Å². The summed E-state index contributed by atoms with van der Waals surface area (Å²) in [5, 5.41) is 19.6. The molecule has 0 spiro atoms. The van der Waals surface area contributed by atoms with E-state index in [1.54, 1.807) is 0 Å². The number of carbonyl (C=O) groups excluding carboxylic acids is 2. The number of allylic oxidation sites excluding steroid dienone is 4. The highest BCUT2D eigenvalue weighted by molar-refractivity contribution is 6.00. The molecule has 0 aliphatic rings. The van der Waals surface area contributed by atoms with E-state index in [-0.39, 0.29) is 38.3 Å². The molecule has 140 valence electrons. The number of aldehydes is 2. The molecular weight excluding hydrogens is 336 g/mol. The molecule has 0 saturated carbocycles. The molecule has 0 radical (unpaired) electrons. The van der Waals surface area contributed by atoms with Crippen LogP contribution in [0.4, 0.5) is 0 Å². The van der Waals surface area contributed by atoms with Crippen molar-refractivity contribution in [3.8, 4) is 0 Å². The van der Waals surface area contributed by atoms with Crippen LogP contribution in [-0.4, -0.2) is 34.7 Å². The first kappa shape index (κ1) is 23.0. The zero-order chi connectivity index (χ0) is 20.4. The maximum atomic E-state index is 12.0. The van der Waals surface area contributed by atoms with E-state index in [9.17, 15) is 29.4 Å².